The predicted octanol–water partition coefficient (Wildman–Crippen LogP) is 3.35. The van der Waals surface area contributed by atoms with Gasteiger partial charge in [-0.1, -0.05) is 0 Å². The monoisotopic (exact) mass is 314 g/mol. The third-order valence-corrected chi connectivity index (χ3v) is 5.71. The number of nitrogens with zero attached hydrogens (tertiary/aromatic N) is 2. The Kier molecular flexibility index (Phi) is 2.39. The molecule has 0 aromatic carbocycles. The quantitative estimate of drug-likeness (QED) is 0.811. The maximum atomic E-state index is 12.8. The molecule has 4 heterocycles. The average Bonchev–Trinajstić information content (AvgIpc) is 3.08. The Hall–Kier alpha value is -2.08. The summed E-state index contributed by atoms with van der Waals surface area (Å²) >= 11 is 1.52. The largest absolute Gasteiger partial charge is 0.445 e. The van der Waals surface area contributed by atoms with Crippen LogP contribution in [0, 0.1) is 5.92 Å². The first-order valence-electron chi connectivity index (χ1n) is 7.53. The van der Waals surface area contributed by atoms with E-state index in [9.17, 15) is 9.59 Å². The fraction of sp³-hybridized carbons (Fsp3) is 0.375. The predicted molar refractivity (Wildman–Crippen MR) is 80.2 cm³/mol. The molecule has 2 amide bonds. The lowest BCUT2D eigenvalue weighted by atomic mass is 9.99. The van der Waals surface area contributed by atoms with Crippen molar-refractivity contribution in [3.8, 4) is 5.00 Å². The van der Waals surface area contributed by atoms with Crippen molar-refractivity contribution in [2.75, 3.05) is 0 Å². The Balaban J connectivity index is 1.68. The first-order valence-corrected chi connectivity index (χ1v) is 8.41. The molecule has 0 spiro atoms. The fourth-order valence-electron chi connectivity index (χ4n) is 3.55. The minimum absolute atomic E-state index is 0.0546. The normalized spacial score (nSPS) is 26.8. The summed E-state index contributed by atoms with van der Waals surface area (Å²) in [4.78, 5) is 26.6. The number of thiophene rings is 1. The number of ether oxygens (including phenoxy) is 1. The average molecular weight is 314 g/mol. The van der Waals surface area contributed by atoms with Gasteiger partial charge in [0, 0.05) is 18.3 Å². The van der Waals surface area contributed by atoms with Gasteiger partial charge in [-0.15, -0.1) is 11.3 Å². The van der Waals surface area contributed by atoms with Crippen molar-refractivity contribution in [1.29, 1.82) is 0 Å². The highest BCUT2D eigenvalue weighted by Crippen LogP contribution is 2.45. The maximum Gasteiger partial charge on any atom is 0.417 e. The summed E-state index contributed by atoms with van der Waals surface area (Å²) in [6, 6.07) is 5.53. The van der Waals surface area contributed by atoms with E-state index in [0.29, 0.717) is 17.9 Å². The van der Waals surface area contributed by atoms with Crippen LogP contribution in [0.4, 0.5) is 4.79 Å². The molecule has 2 aromatic heterocycles. The van der Waals surface area contributed by atoms with E-state index >= 15 is 0 Å². The van der Waals surface area contributed by atoms with Crippen molar-refractivity contribution in [1.82, 2.24) is 9.47 Å². The number of carbonyl (C=O) groups excluding carboxylic acids is 2. The van der Waals surface area contributed by atoms with Crippen LogP contribution in [0.25, 0.3) is 5.00 Å². The lowest BCUT2D eigenvalue weighted by Gasteiger charge is -2.36. The van der Waals surface area contributed by atoms with Gasteiger partial charge in [0.25, 0.3) is 5.91 Å². The van der Waals surface area contributed by atoms with Gasteiger partial charge in [-0.3, -0.25) is 4.79 Å². The first-order chi connectivity index (χ1) is 10.7. The first kappa shape index (κ1) is 12.5. The lowest BCUT2D eigenvalue weighted by molar-refractivity contribution is -0.00634. The van der Waals surface area contributed by atoms with Crippen molar-refractivity contribution in [3.05, 3.63) is 41.0 Å². The molecular formula is C16H14N2O3S. The van der Waals surface area contributed by atoms with Gasteiger partial charge in [-0.2, -0.15) is 0 Å². The van der Waals surface area contributed by atoms with Crippen molar-refractivity contribution in [2.45, 2.75) is 31.4 Å². The molecule has 5 rings (SSSR count). The summed E-state index contributed by atoms with van der Waals surface area (Å²) in [5.41, 5.74) is 1.57. The highest BCUT2D eigenvalue weighted by atomic mass is 32.1. The number of cyclic esters (lactones) is 1. The van der Waals surface area contributed by atoms with Gasteiger partial charge in [0.15, 0.2) is 0 Å². The number of hydrogen-bond donors (Lipinski definition) is 0. The van der Waals surface area contributed by atoms with Gasteiger partial charge in [-0.25, -0.2) is 9.69 Å². The number of hydrogen-bond acceptors (Lipinski definition) is 4. The van der Waals surface area contributed by atoms with Crippen LogP contribution in [0.1, 0.15) is 41.4 Å². The Morgan fingerprint density at radius 1 is 1.23 bits per heavy atom. The minimum atomic E-state index is -0.495. The van der Waals surface area contributed by atoms with E-state index in [1.165, 1.54) is 16.2 Å². The van der Waals surface area contributed by atoms with Crippen molar-refractivity contribution in [3.63, 3.8) is 0 Å². The maximum absolute atomic E-state index is 12.8. The molecule has 1 saturated heterocycles. The van der Waals surface area contributed by atoms with Gasteiger partial charge >= 0.3 is 6.09 Å². The summed E-state index contributed by atoms with van der Waals surface area (Å²) in [5.74, 6) is 0.228. The van der Waals surface area contributed by atoms with Crippen LogP contribution in [0.15, 0.2) is 29.8 Å². The van der Waals surface area contributed by atoms with E-state index in [0.717, 1.165) is 23.5 Å². The third kappa shape index (κ3) is 1.58. The molecule has 5 nitrogen and oxygen atoms in total. The Labute approximate surface area is 131 Å². The van der Waals surface area contributed by atoms with Crippen LogP contribution in [-0.4, -0.2) is 27.6 Å². The highest BCUT2D eigenvalue weighted by Gasteiger charge is 2.48. The van der Waals surface area contributed by atoms with Crippen LogP contribution in [0.5, 0.6) is 0 Å². The SMILES string of the molecule is O=C1OC(C2CC2)CC2c3cccn3-c3sccc3C(=O)N12. The third-order valence-electron chi connectivity index (χ3n) is 4.80. The molecule has 2 aromatic rings. The summed E-state index contributed by atoms with van der Waals surface area (Å²) in [7, 11) is 0. The molecule has 0 bridgehead atoms. The van der Waals surface area contributed by atoms with Crippen LogP contribution in [-0.2, 0) is 4.74 Å². The van der Waals surface area contributed by atoms with E-state index in [4.69, 9.17) is 4.74 Å². The smallest absolute Gasteiger partial charge is 0.417 e. The van der Waals surface area contributed by atoms with Crippen molar-refractivity contribution in [2.24, 2.45) is 5.92 Å². The number of amides is 2. The second-order valence-electron chi connectivity index (χ2n) is 6.13. The van der Waals surface area contributed by atoms with Crippen LogP contribution < -0.4 is 0 Å². The molecule has 0 radical (unpaired) electrons. The summed E-state index contributed by atoms with van der Waals surface area (Å²) in [5, 5.41) is 2.77. The van der Waals surface area contributed by atoms with E-state index in [1.807, 2.05) is 28.3 Å². The number of aromatic nitrogens is 1. The topological polar surface area (TPSA) is 51.5 Å². The molecule has 112 valence electrons. The molecule has 2 atom stereocenters. The Morgan fingerprint density at radius 3 is 2.91 bits per heavy atom. The molecule has 2 aliphatic heterocycles. The zero-order valence-corrected chi connectivity index (χ0v) is 12.6. The Morgan fingerprint density at radius 2 is 2.09 bits per heavy atom. The molecule has 2 unspecified atom stereocenters. The van der Waals surface area contributed by atoms with Crippen LogP contribution in [0.3, 0.4) is 0 Å². The summed E-state index contributed by atoms with van der Waals surface area (Å²) in [6.45, 7) is 0. The molecule has 6 heteroatoms. The zero-order valence-electron chi connectivity index (χ0n) is 11.8. The number of carbonyl (C=O) groups is 2. The van der Waals surface area contributed by atoms with E-state index in [2.05, 4.69) is 0 Å². The van der Waals surface area contributed by atoms with E-state index in [1.54, 1.807) is 6.07 Å². The molecule has 1 aliphatic carbocycles. The summed E-state index contributed by atoms with van der Waals surface area (Å²) < 4.78 is 7.60. The molecular weight excluding hydrogens is 300 g/mol. The van der Waals surface area contributed by atoms with Gasteiger partial charge < -0.3 is 9.30 Å². The van der Waals surface area contributed by atoms with Gasteiger partial charge in [0.2, 0.25) is 0 Å². The molecule has 1 saturated carbocycles. The van der Waals surface area contributed by atoms with Crippen LogP contribution in [0.2, 0.25) is 0 Å². The van der Waals surface area contributed by atoms with Gasteiger partial charge in [-0.05, 0) is 42.3 Å². The van der Waals surface area contributed by atoms with Crippen molar-refractivity contribution < 1.29 is 14.3 Å². The number of fused-ring (bicyclic) bond motifs is 5. The lowest BCUT2D eigenvalue weighted by Crippen LogP contribution is -2.47. The second-order valence-corrected chi connectivity index (χ2v) is 7.02. The Bertz CT molecular complexity index is 789. The molecule has 2 fully saturated rings. The molecule has 0 N–H and O–H groups in total. The fourth-order valence-corrected chi connectivity index (χ4v) is 4.45. The summed E-state index contributed by atoms with van der Waals surface area (Å²) in [6.07, 6.45) is 4.35. The van der Waals surface area contributed by atoms with Gasteiger partial charge in [0.1, 0.15) is 11.1 Å². The number of imide groups is 1. The van der Waals surface area contributed by atoms with Gasteiger partial charge in [0.05, 0.1) is 11.6 Å². The van der Waals surface area contributed by atoms with E-state index in [-0.39, 0.29) is 18.1 Å². The zero-order chi connectivity index (χ0) is 14.8. The highest BCUT2D eigenvalue weighted by molar-refractivity contribution is 7.13. The van der Waals surface area contributed by atoms with Crippen molar-refractivity contribution >= 4 is 23.3 Å². The standard InChI is InChI=1S/C16H14N2O3S/c19-14-10-5-7-22-15(10)17-6-1-2-11(17)12-8-13(9-3-4-9)21-16(20)18(12)14/h1-2,5-7,9,12-13H,3-4,8H2. The molecule has 22 heavy (non-hydrogen) atoms. The van der Waals surface area contributed by atoms with Crippen LogP contribution >= 0.6 is 11.3 Å². The number of rotatable bonds is 1. The minimum Gasteiger partial charge on any atom is -0.445 e. The second kappa shape index (κ2) is 4.23. The molecule has 3 aliphatic rings. The van der Waals surface area contributed by atoms with E-state index < -0.39 is 6.09 Å².